The first-order chi connectivity index (χ1) is 8.72. The van der Waals surface area contributed by atoms with Crippen molar-refractivity contribution in [3.63, 3.8) is 0 Å². The number of aliphatic hydroxyl groups is 1. The second-order valence-electron chi connectivity index (χ2n) is 3.94. The molecule has 0 aliphatic rings. The largest absolute Gasteiger partial charge is 0.492 e. The summed E-state index contributed by atoms with van der Waals surface area (Å²) >= 11 is 0. The summed E-state index contributed by atoms with van der Waals surface area (Å²) in [6.07, 6.45) is 0. The zero-order chi connectivity index (χ0) is 13.2. The summed E-state index contributed by atoms with van der Waals surface area (Å²) in [5.41, 5.74) is 0. The normalized spacial score (nSPS) is 10.9. The van der Waals surface area contributed by atoms with E-state index < -0.39 is 0 Å². The number of hydrogen-bond donors (Lipinski definition) is 1. The zero-order valence-electron chi connectivity index (χ0n) is 10.6. The van der Waals surface area contributed by atoms with Crippen molar-refractivity contribution in [1.29, 1.82) is 0 Å². The van der Waals surface area contributed by atoms with Crippen molar-refractivity contribution in [1.82, 2.24) is 4.90 Å². The highest BCUT2D eigenvalue weighted by atomic mass is 19.1. The molecule has 18 heavy (non-hydrogen) atoms. The molecule has 0 aliphatic heterocycles. The fraction of sp³-hybridized carbons (Fsp3) is 0.538. The van der Waals surface area contributed by atoms with Crippen molar-refractivity contribution in [3.8, 4) is 5.75 Å². The van der Waals surface area contributed by atoms with E-state index in [0.717, 1.165) is 13.1 Å². The van der Waals surface area contributed by atoms with E-state index >= 15 is 0 Å². The van der Waals surface area contributed by atoms with Crippen molar-refractivity contribution in [3.05, 3.63) is 30.1 Å². The molecule has 0 bridgehead atoms. The van der Waals surface area contributed by atoms with Gasteiger partial charge in [0.05, 0.1) is 19.8 Å². The molecule has 0 aromatic heterocycles. The lowest BCUT2D eigenvalue weighted by atomic mass is 10.3. The fourth-order valence-corrected chi connectivity index (χ4v) is 1.35. The number of hydrogen-bond acceptors (Lipinski definition) is 4. The Morgan fingerprint density at radius 3 is 2.44 bits per heavy atom. The summed E-state index contributed by atoms with van der Waals surface area (Å²) in [7, 11) is 1.97. The van der Waals surface area contributed by atoms with E-state index in [4.69, 9.17) is 14.6 Å². The first-order valence-electron chi connectivity index (χ1n) is 5.98. The Morgan fingerprint density at radius 2 is 1.78 bits per heavy atom. The Morgan fingerprint density at radius 1 is 1.11 bits per heavy atom. The van der Waals surface area contributed by atoms with Crippen LogP contribution in [0.2, 0.25) is 0 Å². The van der Waals surface area contributed by atoms with Gasteiger partial charge in [-0.25, -0.2) is 4.39 Å². The summed E-state index contributed by atoms with van der Waals surface area (Å²) in [6.45, 7) is 3.11. The van der Waals surface area contributed by atoms with Crippen LogP contribution in [0.15, 0.2) is 24.3 Å². The first-order valence-corrected chi connectivity index (χ1v) is 5.98. The molecule has 0 heterocycles. The Bertz CT molecular complexity index is 319. The van der Waals surface area contributed by atoms with Crippen LogP contribution >= 0.6 is 0 Å². The van der Waals surface area contributed by atoms with Gasteiger partial charge in [0.2, 0.25) is 0 Å². The van der Waals surface area contributed by atoms with Crippen LogP contribution in [0.25, 0.3) is 0 Å². The van der Waals surface area contributed by atoms with E-state index in [2.05, 4.69) is 4.90 Å². The van der Waals surface area contributed by atoms with Gasteiger partial charge >= 0.3 is 0 Å². The molecule has 0 spiro atoms. The van der Waals surface area contributed by atoms with E-state index in [9.17, 15) is 4.39 Å². The molecule has 0 radical (unpaired) electrons. The molecule has 0 saturated carbocycles. The van der Waals surface area contributed by atoms with Crippen LogP contribution in [0.1, 0.15) is 0 Å². The summed E-state index contributed by atoms with van der Waals surface area (Å²) in [6, 6.07) is 5.98. The van der Waals surface area contributed by atoms with Crippen LogP contribution in [0.3, 0.4) is 0 Å². The number of benzene rings is 1. The van der Waals surface area contributed by atoms with Gasteiger partial charge in [0.25, 0.3) is 0 Å². The quantitative estimate of drug-likeness (QED) is 0.674. The van der Waals surface area contributed by atoms with Gasteiger partial charge in [-0.3, -0.25) is 0 Å². The highest BCUT2D eigenvalue weighted by molar-refractivity contribution is 5.21. The maximum absolute atomic E-state index is 12.6. The van der Waals surface area contributed by atoms with Crippen molar-refractivity contribution in [2.24, 2.45) is 0 Å². The molecule has 0 atom stereocenters. The van der Waals surface area contributed by atoms with Gasteiger partial charge in [0.1, 0.15) is 18.2 Å². The lowest BCUT2D eigenvalue weighted by molar-refractivity contribution is 0.0760. The number of nitrogens with zero attached hydrogens (tertiary/aromatic N) is 1. The van der Waals surface area contributed by atoms with E-state index in [1.807, 2.05) is 7.05 Å². The van der Waals surface area contributed by atoms with Crippen molar-refractivity contribution in [2.45, 2.75) is 0 Å². The third kappa shape index (κ3) is 6.54. The predicted octanol–water partition coefficient (Wildman–Crippen LogP) is 1.15. The number of rotatable bonds is 9. The summed E-state index contributed by atoms with van der Waals surface area (Å²) in [5, 5.41) is 8.53. The van der Waals surface area contributed by atoms with Crippen LogP contribution in [0.4, 0.5) is 4.39 Å². The third-order valence-corrected chi connectivity index (χ3v) is 2.41. The number of aliphatic hydroxyl groups excluding tert-OH is 1. The minimum absolute atomic E-state index is 0.0530. The van der Waals surface area contributed by atoms with Gasteiger partial charge in [-0.15, -0.1) is 0 Å². The van der Waals surface area contributed by atoms with Crippen LogP contribution in [-0.4, -0.2) is 56.6 Å². The molecular weight excluding hydrogens is 237 g/mol. The lowest BCUT2D eigenvalue weighted by Gasteiger charge is -2.16. The van der Waals surface area contributed by atoms with E-state index in [1.54, 1.807) is 12.1 Å². The van der Waals surface area contributed by atoms with E-state index in [-0.39, 0.29) is 12.4 Å². The Hall–Kier alpha value is -1.17. The minimum atomic E-state index is -0.263. The van der Waals surface area contributed by atoms with Gasteiger partial charge in [0.15, 0.2) is 0 Å². The van der Waals surface area contributed by atoms with Crippen LogP contribution < -0.4 is 4.74 Å². The minimum Gasteiger partial charge on any atom is -0.492 e. The van der Waals surface area contributed by atoms with Gasteiger partial charge in [-0.2, -0.15) is 0 Å². The average Bonchev–Trinajstić information content (AvgIpc) is 2.37. The Kier molecular flexibility index (Phi) is 7.32. The number of ether oxygens (including phenoxy) is 2. The Labute approximate surface area is 107 Å². The lowest BCUT2D eigenvalue weighted by Crippen LogP contribution is -2.28. The molecule has 5 heteroatoms. The number of halogens is 1. The fourth-order valence-electron chi connectivity index (χ4n) is 1.35. The first kappa shape index (κ1) is 14.9. The molecule has 0 aliphatic carbocycles. The van der Waals surface area contributed by atoms with Gasteiger partial charge < -0.3 is 19.5 Å². The molecule has 4 nitrogen and oxygen atoms in total. The standard InChI is InChI=1S/C13H20FNO3/c1-15(6-9-17-11-8-16)7-10-18-13-4-2-12(14)3-5-13/h2-5,16H,6-11H2,1H3. The molecule has 0 saturated heterocycles. The molecule has 0 amide bonds. The average molecular weight is 257 g/mol. The molecule has 1 aromatic carbocycles. The Balaban J connectivity index is 2.07. The predicted molar refractivity (Wildman–Crippen MR) is 67.3 cm³/mol. The second kappa shape index (κ2) is 8.85. The third-order valence-electron chi connectivity index (χ3n) is 2.41. The maximum atomic E-state index is 12.6. The monoisotopic (exact) mass is 257 g/mol. The highest BCUT2D eigenvalue weighted by Crippen LogP contribution is 2.10. The second-order valence-corrected chi connectivity index (χ2v) is 3.94. The molecular formula is C13H20FNO3. The smallest absolute Gasteiger partial charge is 0.123 e. The zero-order valence-corrected chi connectivity index (χ0v) is 10.6. The summed E-state index contributed by atoms with van der Waals surface area (Å²) < 4.78 is 23.3. The molecule has 1 rings (SSSR count). The van der Waals surface area contributed by atoms with Crippen LogP contribution in [0.5, 0.6) is 5.75 Å². The highest BCUT2D eigenvalue weighted by Gasteiger charge is 1.99. The van der Waals surface area contributed by atoms with Crippen LogP contribution in [-0.2, 0) is 4.74 Å². The van der Waals surface area contributed by atoms with E-state index in [1.165, 1.54) is 12.1 Å². The molecule has 1 N–H and O–H groups in total. The van der Waals surface area contributed by atoms with Crippen molar-refractivity contribution < 1.29 is 19.0 Å². The van der Waals surface area contributed by atoms with Gasteiger partial charge in [0, 0.05) is 13.1 Å². The van der Waals surface area contributed by atoms with Crippen LogP contribution in [0, 0.1) is 5.82 Å². The van der Waals surface area contributed by atoms with Crippen molar-refractivity contribution in [2.75, 3.05) is 46.6 Å². The van der Waals surface area contributed by atoms with Crippen molar-refractivity contribution >= 4 is 0 Å². The van der Waals surface area contributed by atoms with E-state index in [0.29, 0.717) is 25.6 Å². The summed E-state index contributed by atoms with van der Waals surface area (Å²) in [4.78, 5) is 2.07. The molecule has 102 valence electrons. The molecule has 0 unspecified atom stereocenters. The molecule has 0 fully saturated rings. The van der Waals surface area contributed by atoms with Gasteiger partial charge in [-0.05, 0) is 31.3 Å². The maximum Gasteiger partial charge on any atom is 0.123 e. The summed E-state index contributed by atoms with van der Waals surface area (Å²) in [5.74, 6) is 0.404. The molecule has 1 aromatic rings. The van der Waals surface area contributed by atoms with Gasteiger partial charge in [-0.1, -0.05) is 0 Å². The number of likely N-dealkylation sites (N-methyl/N-ethyl adjacent to an activating group) is 1. The topological polar surface area (TPSA) is 41.9 Å². The SMILES string of the molecule is CN(CCOCCO)CCOc1ccc(F)cc1.